The first-order chi connectivity index (χ1) is 12.5. The lowest BCUT2D eigenvalue weighted by atomic mass is 10.1. The van der Waals surface area contributed by atoms with Gasteiger partial charge in [-0.25, -0.2) is 9.67 Å². The van der Waals surface area contributed by atoms with Crippen molar-refractivity contribution in [3.05, 3.63) is 72.3 Å². The summed E-state index contributed by atoms with van der Waals surface area (Å²) in [6.45, 7) is 5.68. The topological polar surface area (TPSA) is 69.0 Å². The standard InChI is InChI=1S/C20H22N4O2/c1-14-5-4-6-19(11-14)26-16(3)20(25)23-15(2)17-7-9-18(10-8-17)24-13-21-12-22-24/h4-13,15-16H,1-3H3,(H,23,25)/t15-,16-/m0/s1. The third kappa shape index (κ3) is 4.27. The summed E-state index contributed by atoms with van der Waals surface area (Å²) in [4.78, 5) is 16.3. The number of benzene rings is 2. The highest BCUT2D eigenvalue weighted by Gasteiger charge is 2.18. The molecule has 6 nitrogen and oxygen atoms in total. The van der Waals surface area contributed by atoms with E-state index in [9.17, 15) is 4.79 Å². The zero-order chi connectivity index (χ0) is 18.5. The van der Waals surface area contributed by atoms with Crippen LogP contribution in [0.2, 0.25) is 0 Å². The first-order valence-corrected chi connectivity index (χ1v) is 8.51. The summed E-state index contributed by atoms with van der Waals surface area (Å²) >= 11 is 0. The minimum Gasteiger partial charge on any atom is -0.481 e. The normalized spacial score (nSPS) is 13.0. The quantitative estimate of drug-likeness (QED) is 0.741. The summed E-state index contributed by atoms with van der Waals surface area (Å²) in [5, 5.41) is 7.08. The van der Waals surface area contributed by atoms with E-state index in [2.05, 4.69) is 15.4 Å². The van der Waals surface area contributed by atoms with Crippen molar-refractivity contribution in [2.45, 2.75) is 32.9 Å². The minimum atomic E-state index is -0.575. The van der Waals surface area contributed by atoms with Crippen LogP contribution in [0.3, 0.4) is 0 Å². The van der Waals surface area contributed by atoms with E-state index in [1.165, 1.54) is 6.33 Å². The number of rotatable bonds is 6. The summed E-state index contributed by atoms with van der Waals surface area (Å²) < 4.78 is 7.42. The van der Waals surface area contributed by atoms with E-state index in [1.807, 2.05) is 62.4 Å². The molecule has 0 aliphatic rings. The fraction of sp³-hybridized carbons (Fsp3) is 0.250. The maximum atomic E-state index is 12.4. The molecule has 1 aromatic heterocycles. The Morgan fingerprint density at radius 3 is 2.58 bits per heavy atom. The lowest BCUT2D eigenvalue weighted by Gasteiger charge is -2.19. The second-order valence-corrected chi connectivity index (χ2v) is 6.24. The molecule has 0 spiro atoms. The highest BCUT2D eigenvalue weighted by Crippen LogP contribution is 2.17. The summed E-state index contributed by atoms with van der Waals surface area (Å²) in [5.74, 6) is 0.539. The van der Waals surface area contributed by atoms with E-state index in [0.717, 1.165) is 16.8 Å². The minimum absolute atomic E-state index is 0.129. The van der Waals surface area contributed by atoms with Crippen molar-refractivity contribution in [1.29, 1.82) is 0 Å². The maximum absolute atomic E-state index is 12.4. The number of hydrogen-bond donors (Lipinski definition) is 1. The Hall–Kier alpha value is -3.15. The van der Waals surface area contributed by atoms with E-state index >= 15 is 0 Å². The van der Waals surface area contributed by atoms with Crippen molar-refractivity contribution in [2.75, 3.05) is 0 Å². The molecule has 0 bridgehead atoms. The Morgan fingerprint density at radius 2 is 1.92 bits per heavy atom. The van der Waals surface area contributed by atoms with Crippen molar-refractivity contribution in [3.8, 4) is 11.4 Å². The number of aromatic nitrogens is 3. The number of nitrogens with zero attached hydrogens (tertiary/aromatic N) is 3. The monoisotopic (exact) mass is 350 g/mol. The van der Waals surface area contributed by atoms with Gasteiger partial charge in [-0.1, -0.05) is 24.3 Å². The Morgan fingerprint density at radius 1 is 1.15 bits per heavy atom. The molecular formula is C20H22N4O2. The third-order valence-corrected chi connectivity index (χ3v) is 4.11. The van der Waals surface area contributed by atoms with E-state index in [0.29, 0.717) is 5.75 Å². The number of aryl methyl sites for hydroxylation is 1. The smallest absolute Gasteiger partial charge is 0.261 e. The van der Waals surface area contributed by atoms with E-state index in [-0.39, 0.29) is 11.9 Å². The molecule has 1 heterocycles. The molecule has 26 heavy (non-hydrogen) atoms. The fourth-order valence-electron chi connectivity index (χ4n) is 2.62. The van der Waals surface area contributed by atoms with Gasteiger partial charge in [-0.15, -0.1) is 0 Å². The lowest BCUT2D eigenvalue weighted by molar-refractivity contribution is -0.127. The molecule has 0 aliphatic carbocycles. The first kappa shape index (κ1) is 17.7. The highest BCUT2D eigenvalue weighted by molar-refractivity contribution is 5.81. The second kappa shape index (κ2) is 7.82. The number of hydrogen-bond acceptors (Lipinski definition) is 4. The van der Waals surface area contributed by atoms with Crippen molar-refractivity contribution < 1.29 is 9.53 Å². The highest BCUT2D eigenvalue weighted by atomic mass is 16.5. The fourth-order valence-corrected chi connectivity index (χ4v) is 2.62. The molecule has 1 amide bonds. The van der Waals surface area contributed by atoms with Crippen LogP contribution >= 0.6 is 0 Å². The lowest BCUT2D eigenvalue weighted by Crippen LogP contribution is -2.37. The van der Waals surface area contributed by atoms with Gasteiger partial charge in [0.05, 0.1) is 11.7 Å². The number of ether oxygens (including phenoxy) is 1. The van der Waals surface area contributed by atoms with Crippen LogP contribution in [0, 0.1) is 6.92 Å². The molecule has 3 aromatic rings. The van der Waals surface area contributed by atoms with Gasteiger partial charge in [0.2, 0.25) is 0 Å². The van der Waals surface area contributed by atoms with Crippen molar-refractivity contribution in [1.82, 2.24) is 20.1 Å². The summed E-state index contributed by atoms with van der Waals surface area (Å²) in [6, 6.07) is 15.4. The number of carbonyl (C=O) groups is 1. The van der Waals surface area contributed by atoms with E-state index < -0.39 is 6.10 Å². The van der Waals surface area contributed by atoms with E-state index in [4.69, 9.17) is 4.74 Å². The molecule has 3 rings (SSSR count). The number of nitrogens with one attached hydrogen (secondary N) is 1. The third-order valence-electron chi connectivity index (χ3n) is 4.11. The second-order valence-electron chi connectivity index (χ2n) is 6.24. The maximum Gasteiger partial charge on any atom is 0.261 e. The largest absolute Gasteiger partial charge is 0.481 e. The van der Waals surface area contributed by atoms with Gasteiger partial charge in [-0.2, -0.15) is 5.10 Å². The van der Waals surface area contributed by atoms with Gasteiger partial charge in [0, 0.05) is 0 Å². The van der Waals surface area contributed by atoms with Crippen LogP contribution < -0.4 is 10.1 Å². The Bertz CT molecular complexity index is 860. The average Bonchev–Trinajstić information content (AvgIpc) is 3.16. The molecule has 0 radical (unpaired) electrons. The SMILES string of the molecule is Cc1cccc(O[C@@H](C)C(=O)N[C@@H](C)c2ccc(-n3cncn3)cc2)c1. The summed E-state index contributed by atoms with van der Waals surface area (Å²) in [5.41, 5.74) is 3.02. The van der Waals surface area contributed by atoms with Crippen LogP contribution in [0.15, 0.2) is 61.2 Å². The van der Waals surface area contributed by atoms with Gasteiger partial charge in [0.15, 0.2) is 6.10 Å². The molecular weight excluding hydrogens is 328 g/mol. The average molecular weight is 350 g/mol. The molecule has 134 valence electrons. The molecule has 2 aromatic carbocycles. The number of carbonyl (C=O) groups excluding carboxylic acids is 1. The van der Waals surface area contributed by atoms with Crippen LogP contribution in [-0.4, -0.2) is 26.8 Å². The van der Waals surface area contributed by atoms with Crippen LogP contribution in [0.5, 0.6) is 5.75 Å². The molecule has 1 N–H and O–H groups in total. The van der Waals surface area contributed by atoms with Crippen LogP contribution in [0.25, 0.3) is 5.69 Å². The van der Waals surface area contributed by atoms with Crippen molar-refractivity contribution >= 4 is 5.91 Å². The summed E-state index contributed by atoms with van der Waals surface area (Å²) in [7, 11) is 0. The van der Waals surface area contributed by atoms with Crippen LogP contribution in [0.4, 0.5) is 0 Å². The van der Waals surface area contributed by atoms with Gasteiger partial charge < -0.3 is 10.1 Å². The van der Waals surface area contributed by atoms with E-state index in [1.54, 1.807) is 17.9 Å². The number of amides is 1. The molecule has 0 fully saturated rings. The van der Waals surface area contributed by atoms with Crippen molar-refractivity contribution in [2.24, 2.45) is 0 Å². The zero-order valence-electron chi connectivity index (χ0n) is 15.1. The predicted octanol–water partition coefficient (Wildman–Crippen LogP) is 3.22. The van der Waals surface area contributed by atoms with Crippen LogP contribution in [0.1, 0.15) is 31.0 Å². The first-order valence-electron chi connectivity index (χ1n) is 8.51. The van der Waals surface area contributed by atoms with Crippen LogP contribution in [-0.2, 0) is 4.79 Å². The van der Waals surface area contributed by atoms with Gasteiger partial charge in [-0.05, 0) is 56.2 Å². The molecule has 0 saturated carbocycles. The van der Waals surface area contributed by atoms with Crippen molar-refractivity contribution in [3.63, 3.8) is 0 Å². The van der Waals surface area contributed by atoms with Gasteiger partial charge in [-0.3, -0.25) is 4.79 Å². The van der Waals surface area contributed by atoms with Gasteiger partial charge >= 0.3 is 0 Å². The molecule has 0 saturated heterocycles. The van der Waals surface area contributed by atoms with Gasteiger partial charge in [0.1, 0.15) is 18.4 Å². The molecule has 6 heteroatoms. The molecule has 0 unspecified atom stereocenters. The molecule has 0 aliphatic heterocycles. The Kier molecular flexibility index (Phi) is 5.31. The molecule has 2 atom stereocenters. The Balaban J connectivity index is 1.59. The van der Waals surface area contributed by atoms with Gasteiger partial charge in [0.25, 0.3) is 5.91 Å². The Labute approximate surface area is 152 Å². The predicted molar refractivity (Wildman–Crippen MR) is 99.2 cm³/mol. The zero-order valence-corrected chi connectivity index (χ0v) is 15.1. The summed E-state index contributed by atoms with van der Waals surface area (Å²) in [6.07, 6.45) is 2.56.